The third-order valence-corrected chi connectivity index (χ3v) is 5.65. The average molecular weight is 470 g/mol. The number of rotatable bonds is 4. The van der Waals surface area contributed by atoms with Crippen molar-refractivity contribution in [1.82, 2.24) is 0 Å². The van der Waals surface area contributed by atoms with E-state index >= 15 is 0 Å². The molecule has 0 radical (unpaired) electrons. The van der Waals surface area contributed by atoms with Gasteiger partial charge in [0, 0.05) is 23.3 Å². The Labute approximate surface area is 193 Å². The zero-order valence-corrected chi connectivity index (χ0v) is 17.9. The van der Waals surface area contributed by atoms with Crippen LogP contribution in [-0.4, -0.2) is 51.6 Å². The molecule has 0 aliphatic carbocycles. The highest BCUT2D eigenvalue weighted by molar-refractivity contribution is 5.56. The molecular formula is C24H22O10. The Morgan fingerprint density at radius 2 is 1.50 bits per heavy atom. The fourth-order valence-electron chi connectivity index (χ4n) is 4.01. The van der Waals surface area contributed by atoms with Crippen molar-refractivity contribution in [2.24, 2.45) is 0 Å². The van der Waals surface area contributed by atoms with Crippen LogP contribution in [0.2, 0.25) is 0 Å². The molecule has 5 N–H and O–H groups in total. The number of methoxy groups -OCH3 is 1. The van der Waals surface area contributed by atoms with Crippen molar-refractivity contribution in [2.75, 3.05) is 13.7 Å². The molecule has 0 bridgehead atoms. The highest BCUT2D eigenvalue weighted by Gasteiger charge is 2.37. The second kappa shape index (κ2) is 8.40. The highest BCUT2D eigenvalue weighted by Crippen LogP contribution is 2.48. The molecule has 2 heterocycles. The van der Waals surface area contributed by atoms with Crippen LogP contribution in [0, 0.1) is 0 Å². The number of aliphatic hydroxyl groups is 2. The van der Waals surface area contributed by atoms with Crippen LogP contribution in [0.3, 0.4) is 0 Å². The molecule has 0 fully saturated rings. The fourth-order valence-corrected chi connectivity index (χ4v) is 4.01. The van der Waals surface area contributed by atoms with Gasteiger partial charge in [-0.2, -0.15) is 0 Å². The van der Waals surface area contributed by atoms with Gasteiger partial charge in [-0.3, -0.25) is 0 Å². The Morgan fingerprint density at radius 3 is 2.26 bits per heavy atom. The number of aromatic hydroxyl groups is 3. The van der Waals surface area contributed by atoms with Crippen LogP contribution in [-0.2, 0) is 0 Å². The van der Waals surface area contributed by atoms with Crippen molar-refractivity contribution >= 4 is 0 Å². The third kappa shape index (κ3) is 3.72. The van der Waals surface area contributed by atoms with E-state index in [0.29, 0.717) is 22.6 Å². The van der Waals surface area contributed by atoms with Crippen LogP contribution >= 0.6 is 0 Å². The SMILES string of the molecule is COc1cc([C@@H]2Oc3cc([C@@H]4Oc5cc(O)cc(O)c5O[C@H]4O)ccc3O[C@H]2CO)ccc1O. The van der Waals surface area contributed by atoms with Crippen molar-refractivity contribution in [3.05, 3.63) is 59.7 Å². The van der Waals surface area contributed by atoms with Gasteiger partial charge >= 0.3 is 0 Å². The summed E-state index contributed by atoms with van der Waals surface area (Å²) in [6, 6.07) is 11.9. The number of phenolic OH excluding ortho intramolecular Hbond substituents is 3. The zero-order chi connectivity index (χ0) is 24.0. The average Bonchev–Trinajstić information content (AvgIpc) is 2.83. The van der Waals surface area contributed by atoms with Crippen LogP contribution in [0.15, 0.2) is 48.5 Å². The van der Waals surface area contributed by atoms with Gasteiger partial charge < -0.3 is 49.2 Å². The van der Waals surface area contributed by atoms with Gasteiger partial charge in [-0.15, -0.1) is 0 Å². The van der Waals surface area contributed by atoms with Crippen molar-refractivity contribution in [1.29, 1.82) is 0 Å². The Morgan fingerprint density at radius 1 is 0.765 bits per heavy atom. The highest BCUT2D eigenvalue weighted by atomic mass is 16.7. The van der Waals surface area contributed by atoms with Crippen molar-refractivity contribution < 1.29 is 49.2 Å². The summed E-state index contributed by atoms with van der Waals surface area (Å²) < 4.78 is 28.5. The van der Waals surface area contributed by atoms with Crippen LogP contribution in [0.5, 0.6) is 46.0 Å². The van der Waals surface area contributed by atoms with E-state index in [4.69, 9.17) is 23.7 Å². The summed E-state index contributed by atoms with van der Waals surface area (Å²) in [6.45, 7) is -0.322. The van der Waals surface area contributed by atoms with E-state index in [-0.39, 0.29) is 41.1 Å². The molecule has 0 unspecified atom stereocenters. The number of phenols is 3. The monoisotopic (exact) mass is 470 g/mol. The lowest BCUT2D eigenvalue weighted by Gasteiger charge is -2.35. The molecule has 0 saturated carbocycles. The first-order chi connectivity index (χ1) is 16.4. The number of hydrogen-bond acceptors (Lipinski definition) is 10. The molecule has 2 aliphatic rings. The Balaban J connectivity index is 1.46. The number of fused-ring (bicyclic) bond motifs is 2. The summed E-state index contributed by atoms with van der Waals surface area (Å²) in [5.41, 5.74) is 1.09. The minimum atomic E-state index is -1.45. The Hall–Kier alpha value is -4.02. The maximum atomic E-state index is 10.5. The van der Waals surface area contributed by atoms with Crippen molar-refractivity contribution in [3.8, 4) is 46.0 Å². The van der Waals surface area contributed by atoms with Gasteiger partial charge in [0.25, 0.3) is 0 Å². The molecule has 34 heavy (non-hydrogen) atoms. The molecule has 5 rings (SSSR count). The summed E-state index contributed by atoms with van der Waals surface area (Å²) in [7, 11) is 1.43. The standard InChI is InChI=1S/C24H22O10/c1-30-17-6-11(2-4-14(17)27)21-20(10-25)31-16-5-3-12(7-18(16)32-21)22-24(29)34-23-15(28)8-13(26)9-19(23)33-22/h2-9,20-22,24-29H,10H2,1H3/t20-,21-,22-,24+/m0/s1. The largest absolute Gasteiger partial charge is 0.508 e. The number of ether oxygens (including phenoxy) is 5. The van der Waals surface area contributed by atoms with Crippen LogP contribution in [0.4, 0.5) is 0 Å². The van der Waals surface area contributed by atoms with Crippen LogP contribution < -0.4 is 23.7 Å². The molecule has 0 aromatic heterocycles. The Bertz CT molecular complexity index is 1230. The molecule has 0 spiro atoms. The summed E-state index contributed by atoms with van der Waals surface area (Å²) in [6.07, 6.45) is -3.88. The van der Waals surface area contributed by atoms with E-state index < -0.39 is 24.6 Å². The van der Waals surface area contributed by atoms with Gasteiger partial charge in [-0.05, 0) is 24.3 Å². The van der Waals surface area contributed by atoms with E-state index in [0.717, 1.165) is 6.07 Å². The van der Waals surface area contributed by atoms with E-state index in [1.807, 2.05) is 0 Å². The molecule has 10 nitrogen and oxygen atoms in total. The van der Waals surface area contributed by atoms with Gasteiger partial charge in [0.1, 0.15) is 5.75 Å². The number of aliphatic hydroxyl groups excluding tert-OH is 2. The molecule has 3 aromatic rings. The van der Waals surface area contributed by atoms with Gasteiger partial charge in [-0.25, -0.2) is 0 Å². The lowest BCUT2D eigenvalue weighted by Crippen LogP contribution is -2.36. The van der Waals surface area contributed by atoms with Crippen LogP contribution in [0.25, 0.3) is 0 Å². The predicted octanol–water partition coefficient (Wildman–Crippen LogP) is 2.52. The van der Waals surface area contributed by atoms with Crippen LogP contribution in [0.1, 0.15) is 23.3 Å². The molecule has 178 valence electrons. The molecule has 4 atom stereocenters. The lowest BCUT2D eigenvalue weighted by molar-refractivity contribution is -0.117. The number of benzene rings is 3. The first-order valence-corrected chi connectivity index (χ1v) is 10.4. The van der Waals surface area contributed by atoms with Gasteiger partial charge in [0.15, 0.2) is 52.8 Å². The topological polar surface area (TPSA) is 147 Å². The second-order valence-corrected chi connectivity index (χ2v) is 7.85. The maximum Gasteiger partial charge on any atom is 0.239 e. The lowest BCUT2D eigenvalue weighted by atomic mass is 10.0. The predicted molar refractivity (Wildman–Crippen MR) is 116 cm³/mol. The summed E-state index contributed by atoms with van der Waals surface area (Å²) in [5.74, 6) is 0.330. The van der Waals surface area contributed by atoms with E-state index in [1.165, 1.54) is 19.2 Å². The normalized spacial score (nSPS) is 22.8. The minimum absolute atomic E-state index is 0.0352. The van der Waals surface area contributed by atoms with Gasteiger partial charge in [0.2, 0.25) is 12.0 Å². The summed E-state index contributed by atoms with van der Waals surface area (Å²) in [5, 5.41) is 50.0. The maximum absolute atomic E-state index is 10.5. The summed E-state index contributed by atoms with van der Waals surface area (Å²) in [4.78, 5) is 0. The second-order valence-electron chi connectivity index (χ2n) is 7.85. The molecule has 0 amide bonds. The third-order valence-electron chi connectivity index (χ3n) is 5.65. The molecule has 2 aliphatic heterocycles. The van der Waals surface area contributed by atoms with Gasteiger partial charge in [0.05, 0.1) is 13.7 Å². The number of hydrogen-bond donors (Lipinski definition) is 5. The first-order valence-electron chi connectivity index (χ1n) is 10.4. The molecule has 10 heteroatoms. The zero-order valence-electron chi connectivity index (χ0n) is 17.9. The minimum Gasteiger partial charge on any atom is -0.508 e. The smallest absolute Gasteiger partial charge is 0.239 e. The first kappa shape index (κ1) is 21.8. The fraction of sp³-hybridized carbons (Fsp3) is 0.250. The Kier molecular flexibility index (Phi) is 5.39. The van der Waals surface area contributed by atoms with E-state index in [2.05, 4.69) is 0 Å². The van der Waals surface area contributed by atoms with Crippen molar-refractivity contribution in [3.63, 3.8) is 0 Å². The molecular weight excluding hydrogens is 448 g/mol. The van der Waals surface area contributed by atoms with Gasteiger partial charge in [-0.1, -0.05) is 12.1 Å². The summed E-state index contributed by atoms with van der Waals surface area (Å²) >= 11 is 0. The molecule has 3 aromatic carbocycles. The van der Waals surface area contributed by atoms with Crippen molar-refractivity contribution in [2.45, 2.75) is 24.6 Å². The van der Waals surface area contributed by atoms with E-state index in [1.54, 1.807) is 30.3 Å². The molecule has 0 saturated heterocycles. The van der Waals surface area contributed by atoms with E-state index in [9.17, 15) is 25.5 Å². The quantitative estimate of drug-likeness (QED) is 0.385.